The molecular weight excluding hydrogens is 537 g/mol. The van der Waals surface area contributed by atoms with Gasteiger partial charge in [-0.25, -0.2) is 4.99 Å². The van der Waals surface area contributed by atoms with Crippen LogP contribution in [0.5, 0.6) is 0 Å². The summed E-state index contributed by atoms with van der Waals surface area (Å²) in [4.78, 5) is 9.59. The fraction of sp³-hybridized carbons (Fsp3) is 0.348. The third-order valence-electron chi connectivity index (χ3n) is 5.59. The van der Waals surface area contributed by atoms with Gasteiger partial charge in [-0.3, -0.25) is 0 Å². The highest BCUT2D eigenvalue weighted by Gasteiger charge is 2.21. The van der Waals surface area contributed by atoms with Crippen molar-refractivity contribution in [2.75, 3.05) is 31.1 Å². The number of benzene rings is 2. The molecule has 4 rings (SSSR count). The van der Waals surface area contributed by atoms with Crippen LogP contribution in [-0.2, 0) is 20.1 Å². The molecule has 0 spiro atoms. The van der Waals surface area contributed by atoms with Gasteiger partial charge in [0.1, 0.15) is 5.82 Å². The van der Waals surface area contributed by atoms with Crippen molar-refractivity contribution in [3.8, 4) is 0 Å². The van der Waals surface area contributed by atoms with Crippen LogP contribution in [0.3, 0.4) is 0 Å². The lowest BCUT2D eigenvalue weighted by Crippen LogP contribution is -2.52. The molecule has 0 radical (unpaired) electrons. The average Bonchev–Trinajstić information content (AvgIpc) is 3.12. The first kappa shape index (κ1) is 24.3. The minimum atomic E-state index is 0. The van der Waals surface area contributed by atoms with E-state index < -0.39 is 0 Å². The number of aliphatic imine (C=N–C) groups is 1. The molecule has 32 heavy (non-hydrogen) atoms. The summed E-state index contributed by atoms with van der Waals surface area (Å²) in [6.07, 6.45) is 0. The molecule has 2 heterocycles. The van der Waals surface area contributed by atoms with Crippen LogP contribution < -0.4 is 10.2 Å². The maximum Gasteiger partial charge on any atom is 0.194 e. The molecule has 170 valence electrons. The van der Waals surface area contributed by atoms with Gasteiger partial charge in [0, 0.05) is 43.9 Å². The number of anilines is 1. The number of rotatable bonds is 5. The Balaban J connectivity index is 0.00000289. The number of piperazine rings is 1. The van der Waals surface area contributed by atoms with E-state index in [1.807, 2.05) is 54.9 Å². The predicted molar refractivity (Wildman–Crippen MR) is 141 cm³/mol. The van der Waals surface area contributed by atoms with Gasteiger partial charge in [-0.2, -0.15) is 0 Å². The topological polar surface area (TPSA) is 61.6 Å². The molecule has 0 saturated carbocycles. The van der Waals surface area contributed by atoms with Gasteiger partial charge in [0.2, 0.25) is 0 Å². The fourth-order valence-corrected chi connectivity index (χ4v) is 3.81. The molecule has 0 aliphatic carbocycles. The van der Waals surface area contributed by atoms with E-state index in [0.29, 0.717) is 13.1 Å². The predicted octanol–water partition coefficient (Wildman–Crippen LogP) is 3.86. The smallest absolute Gasteiger partial charge is 0.194 e. The normalized spacial score (nSPS) is 14.3. The standard InChI is InChI=1S/C23H28ClN7.HI/c1-18-27-28-22(29(18)2)17-26-23(25-16-19-7-4-3-5-8-19)31-13-11-30(12-14-31)21-10-6-9-20(24)15-21;/h3-10,15H,11-14,16-17H2,1-2H3,(H,25,26);1H. The van der Waals surface area contributed by atoms with Crippen molar-refractivity contribution >= 4 is 47.2 Å². The molecule has 0 unspecified atom stereocenters. The van der Waals surface area contributed by atoms with E-state index in [0.717, 1.165) is 54.5 Å². The van der Waals surface area contributed by atoms with Crippen molar-refractivity contribution < 1.29 is 0 Å². The monoisotopic (exact) mass is 565 g/mol. The molecule has 7 nitrogen and oxygen atoms in total. The van der Waals surface area contributed by atoms with E-state index in [1.165, 1.54) is 5.56 Å². The number of nitrogens with zero attached hydrogens (tertiary/aromatic N) is 6. The summed E-state index contributed by atoms with van der Waals surface area (Å²) in [6.45, 7) is 6.76. The summed E-state index contributed by atoms with van der Waals surface area (Å²) in [5.41, 5.74) is 2.35. The lowest BCUT2D eigenvalue weighted by molar-refractivity contribution is 0.370. The number of aryl methyl sites for hydroxylation is 1. The van der Waals surface area contributed by atoms with Gasteiger partial charge >= 0.3 is 0 Å². The molecule has 1 aromatic heterocycles. The molecule has 2 aromatic carbocycles. The maximum absolute atomic E-state index is 6.18. The molecule has 1 aliphatic rings. The number of nitrogens with one attached hydrogen (secondary N) is 1. The highest BCUT2D eigenvalue weighted by molar-refractivity contribution is 14.0. The molecule has 1 fully saturated rings. The van der Waals surface area contributed by atoms with Crippen molar-refractivity contribution in [2.45, 2.75) is 20.0 Å². The Labute approximate surface area is 211 Å². The van der Waals surface area contributed by atoms with Crippen LogP contribution in [0.15, 0.2) is 59.6 Å². The maximum atomic E-state index is 6.18. The van der Waals surface area contributed by atoms with Crippen LogP contribution >= 0.6 is 35.6 Å². The quantitative estimate of drug-likeness (QED) is 0.289. The van der Waals surface area contributed by atoms with Crippen LogP contribution in [0, 0.1) is 6.92 Å². The summed E-state index contributed by atoms with van der Waals surface area (Å²) in [5.74, 6) is 2.69. The van der Waals surface area contributed by atoms with E-state index in [1.54, 1.807) is 0 Å². The van der Waals surface area contributed by atoms with E-state index in [2.05, 4.69) is 43.5 Å². The van der Waals surface area contributed by atoms with E-state index in [9.17, 15) is 0 Å². The number of guanidine groups is 1. The second kappa shape index (κ2) is 11.5. The second-order valence-electron chi connectivity index (χ2n) is 7.66. The van der Waals surface area contributed by atoms with Crippen molar-refractivity contribution in [1.29, 1.82) is 0 Å². The van der Waals surface area contributed by atoms with Crippen LogP contribution in [-0.4, -0.2) is 51.8 Å². The largest absolute Gasteiger partial charge is 0.368 e. The fourth-order valence-electron chi connectivity index (χ4n) is 3.63. The summed E-state index contributed by atoms with van der Waals surface area (Å²) >= 11 is 6.18. The highest BCUT2D eigenvalue weighted by Crippen LogP contribution is 2.21. The van der Waals surface area contributed by atoms with Gasteiger partial charge in [-0.15, -0.1) is 34.2 Å². The van der Waals surface area contributed by atoms with E-state index in [-0.39, 0.29) is 24.0 Å². The third-order valence-corrected chi connectivity index (χ3v) is 5.83. The third kappa shape index (κ3) is 6.13. The zero-order chi connectivity index (χ0) is 21.6. The van der Waals surface area contributed by atoms with Crippen LogP contribution in [0.2, 0.25) is 5.02 Å². The molecule has 0 atom stereocenters. The van der Waals surface area contributed by atoms with Crippen LogP contribution in [0.1, 0.15) is 17.2 Å². The Bertz CT molecular complexity index is 1030. The Kier molecular flexibility index (Phi) is 8.75. The lowest BCUT2D eigenvalue weighted by Gasteiger charge is -2.37. The van der Waals surface area contributed by atoms with E-state index >= 15 is 0 Å². The molecule has 0 bridgehead atoms. The molecule has 3 aromatic rings. The van der Waals surface area contributed by atoms with Crippen molar-refractivity contribution in [3.05, 3.63) is 76.8 Å². The molecule has 1 N–H and O–H groups in total. The molecular formula is C23H29ClIN7. The minimum absolute atomic E-state index is 0. The SMILES string of the molecule is Cc1nnc(CNC(=NCc2ccccc2)N2CCN(c3cccc(Cl)c3)CC2)n1C.I. The number of hydrogen-bond donors (Lipinski definition) is 1. The second-order valence-corrected chi connectivity index (χ2v) is 8.09. The molecule has 1 aliphatic heterocycles. The summed E-state index contributed by atoms with van der Waals surface area (Å²) in [5, 5.41) is 12.7. The Morgan fingerprint density at radius 1 is 1.03 bits per heavy atom. The highest BCUT2D eigenvalue weighted by atomic mass is 127. The van der Waals surface area contributed by atoms with Crippen molar-refractivity contribution in [3.63, 3.8) is 0 Å². The molecule has 0 amide bonds. The Morgan fingerprint density at radius 2 is 1.78 bits per heavy atom. The van der Waals surface area contributed by atoms with Gasteiger partial charge in [-0.1, -0.05) is 48.0 Å². The summed E-state index contributed by atoms with van der Waals surface area (Å²) in [7, 11) is 1.98. The average molecular weight is 566 g/mol. The summed E-state index contributed by atoms with van der Waals surface area (Å²) in [6, 6.07) is 18.4. The first-order chi connectivity index (χ1) is 15.1. The van der Waals surface area contributed by atoms with Gasteiger partial charge in [0.15, 0.2) is 11.8 Å². The first-order valence-corrected chi connectivity index (χ1v) is 10.9. The van der Waals surface area contributed by atoms with Gasteiger partial charge in [0.05, 0.1) is 13.1 Å². The van der Waals surface area contributed by atoms with Crippen molar-refractivity contribution in [2.24, 2.45) is 12.0 Å². The number of hydrogen-bond acceptors (Lipinski definition) is 4. The minimum Gasteiger partial charge on any atom is -0.368 e. The van der Waals surface area contributed by atoms with Gasteiger partial charge in [-0.05, 0) is 30.7 Å². The number of halogens is 2. The van der Waals surface area contributed by atoms with Crippen LogP contribution in [0.4, 0.5) is 5.69 Å². The number of aromatic nitrogens is 3. The van der Waals surface area contributed by atoms with Gasteiger partial charge in [0.25, 0.3) is 0 Å². The molecule has 1 saturated heterocycles. The van der Waals surface area contributed by atoms with Crippen LogP contribution in [0.25, 0.3) is 0 Å². The zero-order valence-corrected chi connectivity index (χ0v) is 21.5. The first-order valence-electron chi connectivity index (χ1n) is 10.5. The lowest BCUT2D eigenvalue weighted by atomic mass is 10.2. The zero-order valence-electron chi connectivity index (χ0n) is 18.4. The summed E-state index contributed by atoms with van der Waals surface area (Å²) < 4.78 is 2.00. The van der Waals surface area contributed by atoms with Crippen molar-refractivity contribution in [1.82, 2.24) is 25.0 Å². The Morgan fingerprint density at radius 3 is 2.44 bits per heavy atom. The van der Waals surface area contributed by atoms with E-state index in [4.69, 9.17) is 16.6 Å². The van der Waals surface area contributed by atoms with Gasteiger partial charge < -0.3 is 19.7 Å². The molecule has 9 heteroatoms. The Hall–Kier alpha value is -2.33.